The highest BCUT2D eigenvalue weighted by molar-refractivity contribution is 6.35. The van der Waals surface area contributed by atoms with E-state index in [9.17, 15) is 0 Å². The van der Waals surface area contributed by atoms with Crippen LogP contribution in [0.15, 0.2) is 24.3 Å². The van der Waals surface area contributed by atoms with Gasteiger partial charge in [0, 0.05) is 34.1 Å². The van der Waals surface area contributed by atoms with Crippen molar-refractivity contribution in [1.29, 1.82) is 0 Å². The predicted octanol–water partition coefficient (Wildman–Crippen LogP) is 2.97. The lowest BCUT2D eigenvalue weighted by atomic mass is 10.2. The molecule has 0 radical (unpaired) electrons. The molecule has 0 spiro atoms. The number of fused-ring (bicyclic) bond motifs is 1. The molecule has 0 bridgehead atoms. The molecule has 1 aromatic heterocycles. The zero-order valence-electron chi connectivity index (χ0n) is 8.97. The summed E-state index contributed by atoms with van der Waals surface area (Å²) in [4.78, 5) is 3.38. The van der Waals surface area contributed by atoms with Crippen molar-refractivity contribution in [3.63, 3.8) is 0 Å². The van der Waals surface area contributed by atoms with Gasteiger partial charge in [0.15, 0.2) is 0 Å². The Morgan fingerprint density at radius 3 is 2.93 bits per heavy atom. The van der Waals surface area contributed by atoms with Crippen molar-refractivity contribution in [2.75, 3.05) is 7.05 Å². The number of rotatable bonds is 3. The first-order chi connectivity index (χ1) is 7.20. The van der Waals surface area contributed by atoms with Crippen LogP contribution in [0.5, 0.6) is 0 Å². The van der Waals surface area contributed by atoms with Crippen LogP contribution in [-0.2, 0) is 6.42 Å². The molecule has 2 nitrogen and oxygen atoms in total. The van der Waals surface area contributed by atoms with Gasteiger partial charge in [-0.15, -0.1) is 0 Å². The highest BCUT2D eigenvalue weighted by Gasteiger charge is 2.06. The van der Waals surface area contributed by atoms with Crippen molar-refractivity contribution in [2.45, 2.75) is 19.4 Å². The zero-order valence-corrected chi connectivity index (χ0v) is 9.73. The molecule has 0 amide bonds. The van der Waals surface area contributed by atoms with Crippen LogP contribution in [-0.4, -0.2) is 18.1 Å². The number of halogens is 1. The van der Waals surface area contributed by atoms with Crippen molar-refractivity contribution < 1.29 is 0 Å². The minimum absolute atomic E-state index is 0.469. The monoisotopic (exact) mass is 222 g/mol. The van der Waals surface area contributed by atoms with Crippen molar-refractivity contribution in [1.82, 2.24) is 10.3 Å². The smallest absolute Gasteiger partial charge is 0.0499 e. The summed E-state index contributed by atoms with van der Waals surface area (Å²) in [5, 5.41) is 5.14. The second-order valence-corrected chi connectivity index (χ2v) is 4.30. The molecule has 0 aliphatic rings. The molecule has 1 heterocycles. The summed E-state index contributed by atoms with van der Waals surface area (Å²) in [6, 6.07) is 8.53. The Hall–Kier alpha value is -0.990. The number of aromatic amines is 1. The number of hydrogen-bond donors (Lipinski definition) is 2. The maximum Gasteiger partial charge on any atom is 0.0499 e. The number of H-pyrrole nitrogens is 1. The fourth-order valence-corrected chi connectivity index (χ4v) is 1.95. The Kier molecular flexibility index (Phi) is 2.98. The van der Waals surface area contributed by atoms with Gasteiger partial charge in [0.1, 0.15) is 0 Å². The van der Waals surface area contributed by atoms with Crippen molar-refractivity contribution in [2.24, 2.45) is 0 Å². The van der Waals surface area contributed by atoms with E-state index >= 15 is 0 Å². The van der Waals surface area contributed by atoms with Crippen LogP contribution in [0.1, 0.15) is 12.6 Å². The van der Waals surface area contributed by atoms with E-state index in [2.05, 4.69) is 29.4 Å². The minimum Gasteiger partial charge on any atom is -0.358 e. The third-order valence-corrected chi connectivity index (χ3v) is 3.02. The summed E-state index contributed by atoms with van der Waals surface area (Å²) in [6.07, 6.45) is 0.988. The highest BCUT2D eigenvalue weighted by Crippen LogP contribution is 2.24. The summed E-state index contributed by atoms with van der Waals surface area (Å²) < 4.78 is 0. The van der Waals surface area contributed by atoms with E-state index < -0.39 is 0 Å². The Morgan fingerprint density at radius 1 is 1.47 bits per heavy atom. The van der Waals surface area contributed by atoms with Gasteiger partial charge in [-0.05, 0) is 32.2 Å². The average molecular weight is 223 g/mol. The third kappa shape index (κ3) is 2.16. The molecule has 15 heavy (non-hydrogen) atoms. The standard InChI is InChI=1S/C12H15ClN2/c1-8(14-2)6-9-7-10-11(13)4-3-5-12(10)15-9/h3-5,7-8,14-15H,6H2,1-2H3. The fourth-order valence-electron chi connectivity index (χ4n) is 1.72. The van der Waals surface area contributed by atoms with Gasteiger partial charge < -0.3 is 10.3 Å². The summed E-state index contributed by atoms with van der Waals surface area (Å²) in [5.74, 6) is 0. The molecule has 1 aromatic carbocycles. The quantitative estimate of drug-likeness (QED) is 0.821. The summed E-state index contributed by atoms with van der Waals surface area (Å²) in [5.41, 5.74) is 2.33. The second-order valence-electron chi connectivity index (χ2n) is 3.89. The molecule has 0 fully saturated rings. The molecule has 1 unspecified atom stereocenters. The number of aromatic nitrogens is 1. The average Bonchev–Trinajstić information content (AvgIpc) is 2.62. The van der Waals surface area contributed by atoms with Crippen molar-refractivity contribution in [3.8, 4) is 0 Å². The van der Waals surface area contributed by atoms with Crippen LogP contribution in [0.25, 0.3) is 10.9 Å². The van der Waals surface area contributed by atoms with Crippen LogP contribution in [0.3, 0.4) is 0 Å². The van der Waals surface area contributed by atoms with Gasteiger partial charge in [0.25, 0.3) is 0 Å². The normalized spacial score (nSPS) is 13.3. The molecule has 2 aromatic rings. The van der Waals surface area contributed by atoms with E-state index in [-0.39, 0.29) is 0 Å². The molecule has 0 aliphatic carbocycles. The van der Waals surface area contributed by atoms with Gasteiger partial charge >= 0.3 is 0 Å². The molecular formula is C12H15ClN2. The molecule has 2 N–H and O–H groups in total. The first kappa shape index (κ1) is 10.5. The van der Waals surface area contributed by atoms with Crippen LogP contribution in [0.2, 0.25) is 5.02 Å². The number of nitrogens with one attached hydrogen (secondary N) is 2. The predicted molar refractivity (Wildman–Crippen MR) is 65.5 cm³/mol. The Labute approximate surface area is 94.6 Å². The number of likely N-dealkylation sites (N-methyl/N-ethyl adjacent to an activating group) is 1. The van der Waals surface area contributed by atoms with E-state index in [4.69, 9.17) is 11.6 Å². The van der Waals surface area contributed by atoms with E-state index in [1.807, 2.05) is 19.2 Å². The first-order valence-electron chi connectivity index (χ1n) is 5.14. The van der Waals surface area contributed by atoms with Crippen LogP contribution in [0.4, 0.5) is 0 Å². The molecule has 1 atom stereocenters. The topological polar surface area (TPSA) is 27.8 Å². The highest BCUT2D eigenvalue weighted by atomic mass is 35.5. The van der Waals surface area contributed by atoms with E-state index in [1.165, 1.54) is 5.69 Å². The lowest BCUT2D eigenvalue weighted by Gasteiger charge is -2.07. The molecule has 0 saturated heterocycles. The molecule has 80 valence electrons. The zero-order chi connectivity index (χ0) is 10.8. The van der Waals surface area contributed by atoms with E-state index in [1.54, 1.807) is 0 Å². The molecule has 3 heteroatoms. The summed E-state index contributed by atoms with van der Waals surface area (Å²) in [6.45, 7) is 2.16. The van der Waals surface area contributed by atoms with E-state index in [0.717, 1.165) is 22.3 Å². The van der Waals surface area contributed by atoms with Gasteiger partial charge in [-0.2, -0.15) is 0 Å². The minimum atomic E-state index is 0.469. The molecule has 0 saturated carbocycles. The summed E-state index contributed by atoms with van der Waals surface area (Å²) in [7, 11) is 1.97. The third-order valence-electron chi connectivity index (χ3n) is 2.69. The molecule has 0 aliphatic heterocycles. The van der Waals surface area contributed by atoms with Crippen LogP contribution < -0.4 is 5.32 Å². The maximum atomic E-state index is 6.11. The van der Waals surface area contributed by atoms with Crippen LogP contribution >= 0.6 is 11.6 Å². The Balaban J connectivity index is 2.35. The second kappa shape index (κ2) is 4.25. The van der Waals surface area contributed by atoms with Crippen molar-refractivity contribution in [3.05, 3.63) is 35.0 Å². The summed E-state index contributed by atoms with van der Waals surface area (Å²) >= 11 is 6.11. The largest absolute Gasteiger partial charge is 0.358 e. The molecule has 2 rings (SSSR count). The number of benzene rings is 1. The van der Waals surface area contributed by atoms with Crippen LogP contribution in [0, 0.1) is 0 Å². The van der Waals surface area contributed by atoms with Gasteiger partial charge in [0.05, 0.1) is 0 Å². The fraction of sp³-hybridized carbons (Fsp3) is 0.333. The Morgan fingerprint density at radius 2 is 2.27 bits per heavy atom. The maximum absolute atomic E-state index is 6.11. The number of hydrogen-bond acceptors (Lipinski definition) is 1. The van der Waals surface area contributed by atoms with Gasteiger partial charge in [-0.1, -0.05) is 17.7 Å². The van der Waals surface area contributed by atoms with Gasteiger partial charge in [-0.3, -0.25) is 0 Å². The van der Waals surface area contributed by atoms with Crippen molar-refractivity contribution >= 4 is 22.5 Å². The Bertz CT molecular complexity index is 462. The first-order valence-corrected chi connectivity index (χ1v) is 5.52. The molecular weight excluding hydrogens is 208 g/mol. The lowest BCUT2D eigenvalue weighted by molar-refractivity contribution is 0.603. The SMILES string of the molecule is CNC(C)Cc1cc2c(Cl)cccc2[nH]1. The van der Waals surface area contributed by atoms with Gasteiger partial charge in [-0.25, -0.2) is 0 Å². The van der Waals surface area contributed by atoms with Gasteiger partial charge in [0.2, 0.25) is 0 Å². The van der Waals surface area contributed by atoms with E-state index in [0.29, 0.717) is 6.04 Å². The lowest BCUT2D eigenvalue weighted by Crippen LogP contribution is -2.23.